The van der Waals surface area contributed by atoms with Crippen molar-refractivity contribution in [3.05, 3.63) is 99.6 Å². The van der Waals surface area contributed by atoms with Crippen molar-refractivity contribution in [3.8, 4) is 12.3 Å². The number of hydrogen-bond acceptors (Lipinski definition) is 1. The maximum atomic E-state index is 6.14. The summed E-state index contributed by atoms with van der Waals surface area (Å²) in [6.45, 7) is 6.59. The lowest BCUT2D eigenvalue weighted by molar-refractivity contribution is 0.546. The molecule has 0 amide bonds. The number of anilines is 1. The summed E-state index contributed by atoms with van der Waals surface area (Å²) in [6, 6.07) is 22.5. The van der Waals surface area contributed by atoms with E-state index >= 15 is 0 Å². The zero-order valence-electron chi connectivity index (χ0n) is 21.7. The van der Waals surface area contributed by atoms with Crippen LogP contribution in [-0.4, -0.2) is 0 Å². The fraction of sp³-hybridized carbons (Fsp3) is 0.353. The van der Waals surface area contributed by atoms with Gasteiger partial charge >= 0.3 is 0 Å². The van der Waals surface area contributed by atoms with E-state index in [0.29, 0.717) is 6.42 Å². The van der Waals surface area contributed by atoms with Gasteiger partial charge in [-0.05, 0) is 101 Å². The Bertz CT molecular complexity index is 1230. The zero-order valence-corrected chi connectivity index (χ0v) is 21.7. The average molecular weight is 462 g/mol. The van der Waals surface area contributed by atoms with Crippen molar-refractivity contribution < 1.29 is 0 Å². The van der Waals surface area contributed by atoms with Crippen molar-refractivity contribution in [1.82, 2.24) is 0 Å². The van der Waals surface area contributed by atoms with Crippen LogP contribution in [0.15, 0.2) is 60.7 Å². The van der Waals surface area contributed by atoms with Crippen molar-refractivity contribution in [2.45, 2.75) is 72.1 Å². The monoisotopic (exact) mass is 461 g/mol. The van der Waals surface area contributed by atoms with Crippen LogP contribution in [0.25, 0.3) is 11.1 Å². The average Bonchev–Trinajstić information content (AvgIpc) is 3.36. The van der Waals surface area contributed by atoms with E-state index in [9.17, 15) is 0 Å². The molecule has 0 bridgehead atoms. The molecule has 0 atom stereocenters. The first-order valence-electron chi connectivity index (χ1n) is 13.2. The van der Waals surface area contributed by atoms with E-state index in [4.69, 9.17) is 12.2 Å². The number of hydrogen-bond donors (Lipinski definition) is 1. The molecule has 0 aromatic heterocycles. The van der Waals surface area contributed by atoms with Crippen LogP contribution in [0.1, 0.15) is 84.4 Å². The highest BCUT2D eigenvalue weighted by Gasteiger charge is 2.18. The van der Waals surface area contributed by atoms with Crippen molar-refractivity contribution in [2.75, 3.05) is 5.73 Å². The first-order valence-corrected chi connectivity index (χ1v) is 13.2. The largest absolute Gasteiger partial charge is 0.399 e. The molecule has 0 radical (unpaired) electrons. The molecule has 35 heavy (non-hydrogen) atoms. The number of nitrogens with two attached hydrogens (primary N) is 1. The van der Waals surface area contributed by atoms with Crippen molar-refractivity contribution in [1.29, 1.82) is 0 Å². The minimum absolute atomic E-state index is 0.710. The summed E-state index contributed by atoms with van der Waals surface area (Å²) in [5, 5.41) is 0. The summed E-state index contributed by atoms with van der Waals surface area (Å²) < 4.78 is 0. The Morgan fingerprint density at radius 1 is 0.914 bits per heavy atom. The molecular weight excluding hydrogens is 422 g/mol. The van der Waals surface area contributed by atoms with E-state index in [2.05, 4.69) is 81.3 Å². The zero-order chi connectivity index (χ0) is 24.8. The lowest BCUT2D eigenvalue weighted by Crippen LogP contribution is -2.01. The van der Waals surface area contributed by atoms with E-state index in [1.807, 2.05) is 6.07 Å². The summed E-state index contributed by atoms with van der Waals surface area (Å²) in [4.78, 5) is 0. The molecule has 3 aromatic rings. The normalized spacial score (nSPS) is 14.6. The van der Waals surface area contributed by atoms with Gasteiger partial charge in [0.2, 0.25) is 0 Å². The summed E-state index contributed by atoms with van der Waals surface area (Å²) >= 11 is 0. The number of terminal acetylenes is 1. The molecule has 1 nitrogen and oxygen atoms in total. The molecule has 4 rings (SSSR count). The van der Waals surface area contributed by atoms with Gasteiger partial charge in [0.25, 0.3) is 0 Å². The van der Waals surface area contributed by atoms with Gasteiger partial charge in [-0.2, -0.15) is 0 Å². The first-order chi connectivity index (χ1) is 17.0. The summed E-state index contributed by atoms with van der Waals surface area (Å²) in [7, 11) is 0. The quantitative estimate of drug-likeness (QED) is 0.203. The summed E-state index contributed by atoms with van der Waals surface area (Å²) in [5.41, 5.74) is 18.6. The second-order valence-electron chi connectivity index (χ2n) is 10.2. The van der Waals surface area contributed by atoms with Gasteiger partial charge in [0, 0.05) is 12.1 Å². The Labute approximate surface area is 212 Å². The molecule has 0 unspecified atom stereocenters. The highest BCUT2D eigenvalue weighted by Crippen LogP contribution is 2.38. The second kappa shape index (κ2) is 11.5. The standard InChI is InChI=1S/C34H39N/c1-5-7-12-33(30-18-17-28(6-2)24(3)21-30)34(32-20-19-31(35)22-25(32)4)29-15-13-27(14-16-29)23-26-10-8-9-11-26/h1,13-22,26H,6-12,23,35H2,2-4H3/b34-33+. The van der Waals surface area contributed by atoms with E-state index in [-0.39, 0.29) is 0 Å². The van der Waals surface area contributed by atoms with E-state index < -0.39 is 0 Å². The fourth-order valence-corrected chi connectivity index (χ4v) is 5.71. The smallest absolute Gasteiger partial charge is 0.0317 e. The molecule has 1 fully saturated rings. The number of rotatable bonds is 8. The Hall–Kier alpha value is -3.24. The van der Waals surface area contributed by atoms with E-state index in [1.165, 1.54) is 82.2 Å². The lowest BCUT2D eigenvalue weighted by Gasteiger charge is -2.20. The SMILES string of the molecule is C#CCC/C(=C(/c1ccc(CC2CCCC2)cc1)c1ccc(N)cc1C)c1ccc(CC)c(C)c1. The van der Waals surface area contributed by atoms with Crippen LogP contribution in [0.2, 0.25) is 0 Å². The summed E-state index contributed by atoms with van der Waals surface area (Å²) in [5.74, 6) is 3.73. The molecule has 180 valence electrons. The van der Waals surface area contributed by atoms with Crippen LogP contribution < -0.4 is 5.73 Å². The molecule has 1 aliphatic carbocycles. The van der Waals surface area contributed by atoms with Gasteiger partial charge in [-0.3, -0.25) is 0 Å². The Morgan fingerprint density at radius 3 is 2.26 bits per heavy atom. The minimum atomic E-state index is 0.710. The predicted molar refractivity (Wildman–Crippen MR) is 152 cm³/mol. The van der Waals surface area contributed by atoms with Crippen LogP contribution in [0, 0.1) is 32.1 Å². The Morgan fingerprint density at radius 2 is 1.63 bits per heavy atom. The van der Waals surface area contributed by atoms with E-state index in [1.54, 1.807) is 0 Å². The van der Waals surface area contributed by atoms with E-state index in [0.717, 1.165) is 24.4 Å². The van der Waals surface area contributed by atoms with Crippen LogP contribution in [-0.2, 0) is 12.8 Å². The van der Waals surface area contributed by atoms with Crippen molar-refractivity contribution in [2.24, 2.45) is 5.92 Å². The van der Waals surface area contributed by atoms with Crippen LogP contribution in [0.4, 0.5) is 5.69 Å². The molecule has 0 spiro atoms. The second-order valence-corrected chi connectivity index (χ2v) is 10.2. The number of aryl methyl sites for hydroxylation is 3. The molecule has 0 aliphatic heterocycles. The van der Waals surface area contributed by atoms with Gasteiger partial charge in [0.1, 0.15) is 0 Å². The molecule has 1 aliphatic rings. The molecule has 1 heteroatoms. The number of allylic oxidation sites excluding steroid dienone is 1. The topological polar surface area (TPSA) is 26.0 Å². The molecule has 2 N–H and O–H groups in total. The molecule has 0 heterocycles. The molecule has 1 saturated carbocycles. The highest BCUT2D eigenvalue weighted by atomic mass is 14.5. The predicted octanol–water partition coefficient (Wildman–Crippen LogP) is 8.55. The van der Waals surface area contributed by atoms with Gasteiger partial charge in [-0.25, -0.2) is 0 Å². The third-order valence-electron chi connectivity index (χ3n) is 7.65. The maximum absolute atomic E-state index is 6.14. The maximum Gasteiger partial charge on any atom is 0.0317 e. The van der Waals surface area contributed by atoms with Gasteiger partial charge in [0.15, 0.2) is 0 Å². The Kier molecular flexibility index (Phi) is 8.14. The van der Waals surface area contributed by atoms with Gasteiger partial charge in [-0.15, -0.1) is 12.3 Å². The van der Waals surface area contributed by atoms with Crippen LogP contribution in [0.5, 0.6) is 0 Å². The third kappa shape index (κ3) is 5.88. The van der Waals surface area contributed by atoms with Crippen molar-refractivity contribution in [3.63, 3.8) is 0 Å². The highest BCUT2D eigenvalue weighted by molar-refractivity contribution is 5.99. The first kappa shape index (κ1) is 24.9. The third-order valence-corrected chi connectivity index (χ3v) is 7.65. The molecule has 0 saturated heterocycles. The van der Waals surface area contributed by atoms with Gasteiger partial charge < -0.3 is 5.73 Å². The molecular formula is C34H39N. The lowest BCUT2D eigenvalue weighted by atomic mass is 9.84. The van der Waals surface area contributed by atoms with Crippen LogP contribution >= 0.6 is 0 Å². The number of benzene rings is 3. The van der Waals surface area contributed by atoms with Gasteiger partial charge in [0.05, 0.1) is 0 Å². The van der Waals surface area contributed by atoms with Crippen LogP contribution in [0.3, 0.4) is 0 Å². The number of nitrogen functional groups attached to an aromatic ring is 1. The molecule has 3 aromatic carbocycles. The van der Waals surface area contributed by atoms with Gasteiger partial charge in [-0.1, -0.05) is 81.1 Å². The minimum Gasteiger partial charge on any atom is -0.399 e. The van der Waals surface area contributed by atoms with Crippen molar-refractivity contribution >= 4 is 16.8 Å². The Balaban J connectivity index is 1.87. The summed E-state index contributed by atoms with van der Waals surface area (Å²) in [6.07, 6.45) is 15.1. The fourth-order valence-electron chi connectivity index (χ4n) is 5.71.